The molecule has 0 aliphatic carbocycles. The van der Waals surface area contributed by atoms with E-state index in [2.05, 4.69) is 0 Å². The normalized spacial score (nSPS) is 19.3. The second kappa shape index (κ2) is 2.43. The number of alkyl halides is 2. The second-order valence-electron chi connectivity index (χ2n) is 3.11. The Morgan fingerprint density at radius 1 is 1.44 bits per heavy atom. The molecule has 0 aromatic rings. The van der Waals surface area contributed by atoms with Crippen molar-refractivity contribution in [2.75, 3.05) is 6.61 Å². The first-order valence-corrected chi connectivity index (χ1v) is 3.18. The summed E-state index contributed by atoms with van der Waals surface area (Å²) >= 11 is 5.28. The van der Waals surface area contributed by atoms with E-state index >= 15 is 0 Å². The summed E-state index contributed by atoms with van der Waals surface area (Å²) in [5.74, 6) is 0. The fourth-order valence-corrected chi connectivity index (χ4v) is 0.237. The summed E-state index contributed by atoms with van der Waals surface area (Å²) in [5.41, 5.74) is -0.705. The van der Waals surface area contributed by atoms with Crippen LogP contribution in [0.3, 0.4) is 0 Å². The molecule has 0 aromatic carbocycles. The van der Waals surface area contributed by atoms with Gasteiger partial charge < -0.3 is 5.11 Å². The van der Waals surface area contributed by atoms with Crippen LogP contribution in [-0.4, -0.2) is 16.8 Å². The van der Waals surface area contributed by atoms with Gasteiger partial charge in [-0.3, -0.25) is 0 Å². The van der Waals surface area contributed by atoms with Crippen molar-refractivity contribution < 1.29 is 9.50 Å². The average Bonchev–Trinajstić information content (AvgIpc) is 1.64. The van der Waals surface area contributed by atoms with E-state index in [1.165, 1.54) is 0 Å². The van der Waals surface area contributed by atoms with Crippen molar-refractivity contribution in [3.05, 3.63) is 0 Å². The van der Waals surface area contributed by atoms with Gasteiger partial charge in [-0.05, 0) is 0 Å². The van der Waals surface area contributed by atoms with Crippen molar-refractivity contribution in [2.45, 2.75) is 25.9 Å². The van der Waals surface area contributed by atoms with Crippen molar-refractivity contribution in [3.8, 4) is 0 Å². The molecule has 0 heterocycles. The molecule has 0 aromatic heterocycles. The van der Waals surface area contributed by atoms with E-state index in [0.29, 0.717) is 0 Å². The molecule has 1 nitrogen and oxygen atoms in total. The van der Waals surface area contributed by atoms with E-state index in [1.54, 1.807) is 20.8 Å². The van der Waals surface area contributed by atoms with E-state index < -0.39 is 17.1 Å². The second-order valence-corrected chi connectivity index (χ2v) is 3.71. The maximum atomic E-state index is 12.8. The molecule has 56 valence electrons. The molecule has 0 aliphatic rings. The molecule has 0 spiro atoms. The summed E-state index contributed by atoms with van der Waals surface area (Å²) in [7, 11) is 0. The van der Waals surface area contributed by atoms with Gasteiger partial charge in [-0.2, -0.15) is 0 Å². The van der Waals surface area contributed by atoms with Gasteiger partial charge in [0.05, 0.1) is 6.61 Å². The van der Waals surface area contributed by atoms with Gasteiger partial charge in [0.25, 0.3) is 0 Å². The van der Waals surface area contributed by atoms with Gasteiger partial charge >= 0.3 is 0 Å². The maximum absolute atomic E-state index is 12.8. The fraction of sp³-hybridized carbons (Fsp3) is 1.00. The molecule has 9 heavy (non-hydrogen) atoms. The van der Waals surface area contributed by atoms with Crippen molar-refractivity contribution >= 4 is 11.6 Å². The summed E-state index contributed by atoms with van der Waals surface area (Å²) in [4.78, 5) is 0. The summed E-state index contributed by atoms with van der Waals surface area (Å²) < 4.78 is 12.8. The molecule has 0 radical (unpaired) electrons. The number of hydrogen-bond acceptors (Lipinski definition) is 1. The Labute approximate surface area is 59.8 Å². The predicted octanol–water partition coefficient (Wildman–Crippen LogP) is 1.93. The summed E-state index contributed by atoms with van der Waals surface area (Å²) in [6.45, 7) is 4.26. The monoisotopic (exact) mass is 154 g/mol. The topological polar surface area (TPSA) is 20.2 Å². The third kappa shape index (κ3) is 2.11. The molecular weight excluding hydrogens is 143 g/mol. The average molecular weight is 155 g/mol. The van der Waals surface area contributed by atoms with Gasteiger partial charge in [0.1, 0.15) is 0 Å². The van der Waals surface area contributed by atoms with Crippen LogP contribution in [0.25, 0.3) is 0 Å². The molecule has 1 atom stereocenters. The van der Waals surface area contributed by atoms with Crippen LogP contribution in [0.5, 0.6) is 0 Å². The van der Waals surface area contributed by atoms with E-state index in [9.17, 15) is 4.39 Å². The molecule has 0 saturated carbocycles. The lowest BCUT2D eigenvalue weighted by Gasteiger charge is -2.29. The molecule has 0 unspecified atom stereocenters. The largest absolute Gasteiger partial charge is 0.392 e. The predicted molar refractivity (Wildman–Crippen MR) is 36.2 cm³/mol. The van der Waals surface area contributed by atoms with E-state index in [-0.39, 0.29) is 0 Å². The zero-order valence-corrected chi connectivity index (χ0v) is 6.67. The number of rotatable bonds is 1. The van der Waals surface area contributed by atoms with Crippen LogP contribution in [0.4, 0.5) is 4.39 Å². The van der Waals surface area contributed by atoms with E-state index in [4.69, 9.17) is 16.7 Å². The zero-order chi connectivity index (χ0) is 7.71. The molecule has 0 saturated heterocycles. The van der Waals surface area contributed by atoms with Gasteiger partial charge in [0.2, 0.25) is 5.13 Å². The highest BCUT2D eigenvalue weighted by molar-refractivity contribution is 6.23. The summed E-state index contributed by atoms with van der Waals surface area (Å²) in [6.07, 6.45) is 0. The Hall–Kier alpha value is 0.180. The number of aliphatic hydroxyl groups excluding tert-OH is 1. The highest BCUT2D eigenvalue weighted by atomic mass is 35.5. The minimum atomic E-state index is -1.99. The lowest BCUT2D eigenvalue weighted by molar-refractivity contribution is 0.0493. The molecular formula is C6H12ClFO. The van der Waals surface area contributed by atoms with Crippen LogP contribution < -0.4 is 0 Å². The number of aliphatic hydroxyl groups is 1. The smallest absolute Gasteiger partial charge is 0.211 e. The van der Waals surface area contributed by atoms with Gasteiger partial charge in [-0.25, -0.2) is 4.39 Å². The van der Waals surface area contributed by atoms with Crippen molar-refractivity contribution in [3.63, 3.8) is 0 Å². The van der Waals surface area contributed by atoms with E-state index in [0.717, 1.165) is 0 Å². The molecule has 1 N–H and O–H groups in total. The van der Waals surface area contributed by atoms with Gasteiger partial charge in [-0.15, -0.1) is 0 Å². The van der Waals surface area contributed by atoms with Gasteiger partial charge in [0.15, 0.2) is 0 Å². The van der Waals surface area contributed by atoms with Crippen LogP contribution in [0.2, 0.25) is 0 Å². The van der Waals surface area contributed by atoms with Crippen molar-refractivity contribution in [2.24, 2.45) is 5.41 Å². The lowest BCUT2D eigenvalue weighted by atomic mass is 9.90. The minimum Gasteiger partial charge on any atom is -0.392 e. The molecule has 0 fully saturated rings. The Morgan fingerprint density at radius 3 is 1.78 bits per heavy atom. The highest BCUT2D eigenvalue weighted by Gasteiger charge is 2.39. The third-order valence-electron chi connectivity index (χ3n) is 1.30. The maximum Gasteiger partial charge on any atom is 0.211 e. The number of halogens is 2. The molecule has 3 heteroatoms. The van der Waals surface area contributed by atoms with Crippen LogP contribution in [0, 0.1) is 5.41 Å². The lowest BCUT2D eigenvalue weighted by Crippen LogP contribution is -2.36. The molecule has 0 rings (SSSR count). The fourth-order valence-electron chi connectivity index (χ4n) is 0.237. The molecule has 0 amide bonds. The highest BCUT2D eigenvalue weighted by Crippen LogP contribution is 2.36. The standard InChI is InChI=1S/C6H12ClFO/c1-5(2,3)6(7,8)4-9/h9H,4H2,1-3H3/t6-/m1/s1. The zero-order valence-electron chi connectivity index (χ0n) is 5.91. The Bertz CT molecular complexity index is 95.7. The van der Waals surface area contributed by atoms with Crippen molar-refractivity contribution in [1.82, 2.24) is 0 Å². The quantitative estimate of drug-likeness (QED) is 0.573. The van der Waals surface area contributed by atoms with E-state index in [1.807, 2.05) is 0 Å². The minimum absolute atomic E-state index is 0.641. The van der Waals surface area contributed by atoms with Crippen LogP contribution in [0.1, 0.15) is 20.8 Å². The molecule has 0 aliphatic heterocycles. The Kier molecular flexibility index (Phi) is 2.48. The number of hydrogen-bond donors (Lipinski definition) is 1. The van der Waals surface area contributed by atoms with Crippen molar-refractivity contribution in [1.29, 1.82) is 0 Å². The third-order valence-corrected chi connectivity index (χ3v) is 1.98. The first-order chi connectivity index (χ1) is 3.81. The van der Waals surface area contributed by atoms with Crippen LogP contribution in [-0.2, 0) is 0 Å². The first-order valence-electron chi connectivity index (χ1n) is 2.80. The first kappa shape index (κ1) is 9.18. The Balaban J connectivity index is 4.14. The van der Waals surface area contributed by atoms with Gasteiger partial charge in [-0.1, -0.05) is 32.4 Å². The SMILES string of the molecule is CC(C)(C)[C@@](F)(Cl)CO. The summed E-state index contributed by atoms with van der Waals surface area (Å²) in [5, 5.41) is 6.43. The molecule has 0 bridgehead atoms. The van der Waals surface area contributed by atoms with Crippen LogP contribution >= 0.6 is 11.6 Å². The Morgan fingerprint density at radius 2 is 1.78 bits per heavy atom. The van der Waals surface area contributed by atoms with Gasteiger partial charge in [0, 0.05) is 5.41 Å². The summed E-state index contributed by atoms with van der Waals surface area (Å²) in [6, 6.07) is 0. The van der Waals surface area contributed by atoms with Crippen LogP contribution in [0.15, 0.2) is 0 Å².